The highest BCUT2D eigenvalue weighted by Gasteiger charge is 2.32. The summed E-state index contributed by atoms with van der Waals surface area (Å²) in [7, 11) is 2.78. The summed E-state index contributed by atoms with van der Waals surface area (Å²) in [6.45, 7) is 4.65. The zero-order valence-electron chi connectivity index (χ0n) is 33.7. The molecule has 2 aromatic rings. The number of amides is 5. The van der Waals surface area contributed by atoms with Gasteiger partial charge in [0.2, 0.25) is 29.5 Å². The van der Waals surface area contributed by atoms with E-state index < -0.39 is 66.9 Å². The van der Waals surface area contributed by atoms with Crippen molar-refractivity contribution in [1.29, 1.82) is 0 Å². The molecular weight excluding hydrogens is 736 g/mol. The fraction of sp³-hybridized carbons (Fsp3) is 0.561. The molecule has 16 heteroatoms. The summed E-state index contributed by atoms with van der Waals surface area (Å²) in [4.78, 5) is 80.3. The Kier molecular flexibility index (Phi) is 18.2. The number of likely N-dealkylation sites (N-methyl/N-ethyl adjacent to an activating group) is 2. The van der Waals surface area contributed by atoms with Gasteiger partial charge in [0.05, 0.1) is 13.2 Å². The minimum Gasteiger partial charge on any atom is -0.507 e. The summed E-state index contributed by atoms with van der Waals surface area (Å²) in [5.41, 5.74) is 1.15. The molecule has 3 rings (SSSR count). The minimum absolute atomic E-state index is 0.00909. The molecule has 314 valence electrons. The first kappa shape index (κ1) is 46.2. The first-order chi connectivity index (χ1) is 27.0. The van der Waals surface area contributed by atoms with Crippen LogP contribution >= 0.6 is 0 Å². The van der Waals surface area contributed by atoms with Crippen LogP contribution in [0, 0.1) is 5.92 Å². The van der Waals surface area contributed by atoms with E-state index in [1.807, 2.05) is 0 Å². The van der Waals surface area contributed by atoms with Gasteiger partial charge in [-0.15, -0.1) is 0 Å². The maximum atomic E-state index is 13.6. The van der Waals surface area contributed by atoms with Gasteiger partial charge in [-0.1, -0.05) is 64.5 Å². The number of aliphatic carboxylic acids is 1. The van der Waals surface area contributed by atoms with Crippen molar-refractivity contribution < 1.29 is 49.2 Å². The van der Waals surface area contributed by atoms with E-state index in [2.05, 4.69) is 35.1 Å². The monoisotopic (exact) mass is 796 g/mol. The largest absolute Gasteiger partial charge is 0.507 e. The molecule has 0 fully saturated rings. The van der Waals surface area contributed by atoms with E-state index >= 15 is 0 Å². The molecule has 1 heterocycles. The number of carboxylic acids is 1. The minimum atomic E-state index is -1.29. The number of phenols is 2. The SMILES string of the molecule is CC(C)CCCCCCCCC(=O)N(C)[C@H](CO)C(=O)N[C@H](C)C(=O)NCC(=O)N(C)[C@@H]1C(=O)NCCN[C@H](C(=O)O)Cc2ccc(O)c(c2)-c2cc1ccc2O. The number of unbranched alkanes of at least 4 members (excludes halogenated alkanes) is 5. The van der Waals surface area contributed by atoms with Crippen LogP contribution in [0.15, 0.2) is 36.4 Å². The van der Waals surface area contributed by atoms with Crippen LogP contribution in [-0.4, -0.2) is 124 Å². The van der Waals surface area contributed by atoms with Crippen molar-refractivity contribution in [2.75, 3.05) is 40.3 Å². The smallest absolute Gasteiger partial charge is 0.321 e. The van der Waals surface area contributed by atoms with Gasteiger partial charge in [-0.3, -0.25) is 28.8 Å². The van der Waals surface area contributed by atoms with Gasteiger partial charge in [0.15, 0.2) is 0 Å². The van der Waals surface area contributed by atoms with Gasteiger partial charge in [0, 0.05) is 44.7 Å². The molecule has 8 N–H and O–H groups in total. The van der Waals surface area contributed by atoms with E-state index in [1.165, 1.54) is 63.0 Å². The average Bonchev–Trinajstić information content (AvgIpc) is 3.16. The van der Waals surface area contributed by atoms with Crippen LogP contribution in [0.5, 0.6) is 11.5 Å². The van der Waals surface area contributed by atoms with E-state index in [0.29, 0.717) is 17.9 Å². The van der Waals surface area contributed by atoms with Gasteiger partial charge in [-0.2, -0.15) is 0 Å². The number of rotatable bonds is 18. The lowest BCUT2D eigenvalue weighted by Gasteiger charge is -2.29. The maximum Gasteiger partial charge on any atom is 0.321 e. The third-order valence-corrected chi connectivity index (χ3v) is 10.2. The predicted octanol–water partition coefficient (Wildman–Crippen LogP) is 2.20. The first-order valence-corrected chi connectivity index (χ1v) is 19.6. The summed E-state index contributed by atoms with van der Waals surface area (Å²) in [6.07, 6.45) is 7.50. The topological polar surface area (TPSA) is 238 Å². The highest BCUT2D eigenvalue weighted by molar-refractivity contribution is 5.94. The number of aliphatic hydroxyl groups is 1. The van der Waals surface area contributed by atoms with Crippen molar-refractivity contribution in [3.63, 3.8) is 0 Å². The van der Waals surface area contributed by atoms with Gasteiger partial charge in [-0.05, 0) is 61.1 Å². The predicted molar refractivity (Wildman–Crippen MR) is 213 cm³/mol. The Morgan fingerprint density at radius 3 is 2.12 bits per heavy atom. The zero-order chi connectivity index (χ0) is 42.2. The van der Waals surface area contributed by atoms with Crippen molar-refractivity contribution in [2.45, 2.75) is 103 Å². The molecule has 16 nitrogen and oxygen atoms in total. The third-order valence-electron chi connectivity index (χ3n) is 10.2. The fourth-order valence-corrected chi connectivity index (χ4v) is 6.65. The lowest BCUT2D eigenvalue weighted by Crippen LogP contribution is -2.55. The number of nitrogens with one attached hydrogen (secondary N) is 4. The average molecular weight is 797 g/mol. The number of aromatic hydroxyl groups is 2. The van der Waals surface area contributed by atoms with Crippen LogP contribution in [0.1, 0.15) is 89.3 Å². The molecule has 0 aromatic heterocycles. The number of fused-ring (bicyclic) bond motifs is 5. The molecule has 57 heavy (non-hydrogen) atoms. The molecule has 2 aromatic carbocycles. The van der Waals surface area contributed by atoms with Gasteiger partial charge < -0.3 is 51.5 Å². The van der Waals surface area contributed by atoms with Gasteiger partial charge in [-0.25, -0.2) is 0 Å². The second-order valence-corrected chi connectivity index (χ2v) is 15.1. The number of carbonyl (C=O) groups is 6. The van der Waals surface area contributed by atoms with Crippen LogP contribution in [0.25, 0.3) is 11.1 Å². The lowest BCUT2D eigenvalue weighted by atomic mass is 9.94. The second-order valence-electron chi connectivity index (χ2n) is 15.1. The third kappa shape index (κ3) is 13.7. The molecule has 4 bridgehead atoms. The molecule has 0 saturated carbocycles. The van der Waals surface area contributed by atoms with Crippen LogP contribution in [0.3, 0.4) is 0 Å². The van der Waals surface area contributed by atoms with Crippen molar-refractivity contribution >= 4 is 35.5 Å². The van der Waals surface area contributed by atoms with Gasteiger partial charge >= 0.3 is 5.97 Å². The second kappa shape index (κ2) is 22.5. The highest BCUT2D eigenvalue weighted by atomic mass is 16.4. The molecule has 0 unspecified atom stereocenters. The van der Waals surface area contributed by atoms with Crippen molar-refractivity contribution in [1.82, 2.24) is 31.1 Å². The lowest BCUT2D eigenvalue weighted by molar-refractivity contribution is -0.142. The number of hydrogen-bond acceptors (Lipinski definition) is 10. The highest BCUT2D eigenvalue weighted by Crippen LogP contribution is 2.38. The first-order valence-electron chi connectivity index (χ1n) is 19.6. The number of hydrogen-bond donors (Lipinski definition) is 8. The number of nitrogens with zero attached hydrogens (tertiary/aromatic N) is 2. The number of carboxylic acid groups (broad SMARTS) is 1. The van der Waals surface area contributed by atoms with Crippen molar-refractivity contribution in [3.8, 4) is 22.6 Å². The van der Waals surface area contributed by atoms with Gasteiger partial charge in [0.25, 0.3) is 0 Å². The Morgan fingerprint density at radius 2 is 1.47 bits per heavy atom. The molecular formula is C41H60N6O10. The maximum absolute atomic E-state index is 13.6. The van der Waals surface area contributed by atoms with Crippen molar-refractivity contribution in [3.05, 3.63) is 47.5 Å². The van der Waals surface area contributed by atoms with Gasteiger partial charge in [0.1, 0.15) is 35.7 Å². The standard InChI is InChI=1S/C41H60N6O10/c1-25(2)12-10-8-6-7-9-11-13-35(51)46(4)32(24-48)39(54)45-26(3)38(53)44-23-36(52)47(5)37-28-15-17-34(50)30(22-28)29-20-27(14-16-33(29)49)21-31(41(56)57)42-18-19-43-40(37)55/h14-17,20,22,25-26,31-32,37,42,48-50H,6-13,18-19,21,23-24H2,1-5H3,(H,43,55)(H,44,53)(H,45,54)(H,56,57)/t26-,31+,32-,37+/m1/s1. The number of carbonyl (C=O) groups excluding carboxylic acids is 5. The van der Waals surface area contributed by atoms with E-state index in [4.69, 9.17) is 0 Å². The van der Waals surface area contributed by atoms with Crippen LogP contribution < -0.4 is 21.3 Å². The quantitative estimate of drug-likeness (QED) is 0.102. The summed E-state index contributed by atoms with van der Waals surface area (Å²) >= 11 is 0. The number of benzene rings is 2. The number of aliphatic hydroxyl groups excluding tert-OH is 1. The summed E-state index contributed by atoms with van der Waals surface area (Å²) in [5.74, 6) is -3.99. The molecule has 5 amide bonds. The molecule has 0 saturated heterocycles. The van der Waals surface area contributed by atoms with Crippen molar-refractivity contribution in [2.24, 2.45) is 5.92 Å². The van der Waals surface area contributed by atoms with Crippen LogP contribution in [-0.2, 0) is 35.2 Å². The van der Waals surface area contributed by atoms with E-state index in [0.717, 1.165) is 30.6 Å². The number of phenolic OH excluding ortho intramolecular Hbond substituents is 2. The molecule has 0 aliphatic carbocycles. The Hall–Kier alpha value is -5.22. The Balaban J connectivity index is 1.64. The van der Waals surface area contributed by atoms with E-state index in [9.17, 15) is 49.2 Å². The molecule has 0 radical (unpaired) electrons. The summed E-state index contributed by atoms with van der Waals surface area (Å²) < 4.78 is 0. The zero-order valence-corrected chi connectivity index (χ0v) is 33.7. The normalized spacial score (nSPS) is 16.7. The molecule has 1 aliphatic rings. The van der Waals surface area contributed by atoms with E-state index in [-0.39, 0.29) is 60.0 Å². The van der Waals surface area contributed by atoms with Crippen LogP contribution in [0.4, 0.5) is 0 Å². The Labute approximate surface area is 334 Å². The fourth-order valence-electron chi connectivity index (χ4n) is 6.65. The molecule has 4 atom stereocenters. The van der Waals surface area contributed by atoms with E-state index in [1.54, 1.807) is 12.1 Å². The summed E-state index contributed by atoms with van der Waals surface area (Å²) in [6, 6.07) is 4.02. The Bertz CT molecular complexity index is 1720. The molecule has 1 aliphatic heterocycles. The van der Waals surface area contributed by atoms with Crippen LogP contribution in [0.2, 0.25) is 0 Å². The Morgan fingerprint density at radius 1 is 0.842 bits per heavy atom. The summed E-state index contributed by atoms with van der Waals surface area (Å²) in [5, 5.41) is 51.8. The molecule has 0 spiro atoms.